The normalized spacial score (nSPS) is 21.6. The maximum Gasteiger partial charge on any atom is 0.307 e. The predicted molar refractivity (Wildman–Crippen MR) is 75.2 cm³/mol. The summed E-state index contributed by atoms with van der Waals surface area (Å²) in [6.45, 7) is 4.02. The molecule has 3 N–H and O–H groups in total. The first-order valence-electron chi connectivity index (χ1n) is 6.85. The van der Waals surface area contributed by atoms with Crippen molar-refractivity contribution in [1.29, 1.82) is 0 Å². The fourth-order valence-electron chi connectivity index (χ4n) is 2.54. The molecule has 2 atom stereocenters. The fraction of sp³-hybridized carbons (Fsp3) is 0.467. The number of carbonyl (C=O) groups excluding carboxylic acids is 1. The van der Waals surface area contributed by atoms with Crippen LogP contribution in [0, 0.1) is 11.8 Å². The van der Waals surface area contributed by atoms with Crippen LogP contribution in [0.5, 0.6) is 0 Å². The monoisotopic (exact) mass is 276 g/mol. The van der Waals surface area contributed by atoms with Gasteiger partial charge in [-0.25, -0.2) is 0 Å². The summed E-state index contributed by atoms with van der Waals surface area (Å²) in [4.78, 5) is 22.9. The molecular formula is C15H20N2O3. The van der Waals surface area contributed by atoms with Gasteiger partial charge in [0, 0.05) is 13.1 Å². The number of amides is 1. The number of carboxylic acid groups (broad SMARTS) is 1. The van der Waals surface area contributed by atoms with Gasteiger partial charge in [0.05, 0.1) is 12.3 Å². The summed E-state index contributed by atoms with van der Waals surface area (Å²) >= 11 is 0. The van der Waals surface area contributed by atoms with Crippen molar-refractivity contribution in [3.05, 3.63) is 35.4 Å². The Kier molecular flexibility index (Phi) is 4.74. The molecule has 1 saturated heterocycles. The molecule has 2 rings (SSSR count). The summed E-state index contributed by atoms with van der Waals surface area (Å²) < 4.78 is 0. The maximum atomic E-state index is 12.1. The van der Waals surface area contributed by atoms with Gasteiger partial charge in [0.1, 0.15) is 0 Å². The minimum atomic E-state index is -0.864. The molecule has 0 spiro atoms. The minimum absolute atomic E-state index is 0.00151. The van der Waals surface area contributed by atoms with E-state index in [0.29, 0.717) is 19.0 Å². The molecule has 1 aliphatic heterocycles. The number of nitrogens with one attached hydrogen (secondary N) is 2. The Morgan fingerprint density at radius 2 is 2.00 bits per heavy atom. The zero-order chi connectivity index (χ0) is 14.5. The number of hydrogen-bond acceptors (Lipinski definition) is 3. The zero-order valence-electron chi connectivity index (χ0n) is 11.6. The van der Waals surface area contributed by atoms with Crippen molar-refractivity contribution in [1.82, 2.24) is 10.6 Å². The van der Waals surface area contributed by atoms with Crippen LogP contribution in [0.25, 0.3) is 0 Å². The van der Waals surface area contributed by atoms with Crippen LogP contribution in [-0.2, 0) is 22.6 Å². The standard InChI is InChI=1S/C15H20N2O3/c1-10-7-16-9-13(10)15(20)17-8-12-5-3-2-4-11(12)6-14(18)19/h2-5,10,13,16H,6-9H2,1H3,(H,17,20)(H,18,19)/t10-,13-/m1/s1. The first-order valence-corrected chi connectivity index (χ1v) is 6.85. The van der Waals surface area contributed by atoms with E-state index in [1.807, 2.05) is 18.2 Å². The van der Waals surface area contributed by atoms with Crippen molar-refractivity contribution < 1.29 is 14.7 Å². The summed E-state index contributed by atoms with van der Waals surface area (Å²) in [6, 6.07) is 7.31. The van der Waals surface area contributed by atoms with Gasteiger partial charge in [-0.15, -0.1) is 0 Å². The van der Waals surface area contributed by atoms with Crippen molar-refractivity contribution >= 4 is 11.9 Å². The smallest absolute Gasteiger partial charge is 0.307 e. The van der Waals surface area contributed by atoms with E-state index in [4.69, 9.17) is 5.11 Å². The summed E-state index contributed by atoms with van der Waals surface area (Å²) in [5, 5.41) is 15.0. The van der Waals surface area contributed by atoms with Gasteiger partial charge in [-0.2, -0.15) is 0 Å². The van der Waals surface area contributed by atoms with Crippen LogP contribution < -0.4 is 10.6 Å². The van der Waals surface area contributed by atoms with E-state index in [2.05, 4.69) is 17.6 Å². The molecule has 0 unspecified atom stereocenters. The van der Waals surface area contributed by atoms with Gasteiger partial charge in [-0.05, 0) is 23.6 Å². The number of carbonyl (C=O) groups is 2. The van der Waals surface area contributed by atoms with E-state index < -0.39 is 5.97 Å². The second-order valence-electron chi connectivity index (χ2n) is 5.30. The van der Waals surface area contributed by atoms with Crippen molar-refractivity contribution in [2.24, 2.45) is 11.8 Å². The molecule has 1 aromatic rings. The number of hydrogen-bond donors (Lipinski definition) is 3. The Labute approximate surface area is 118 Å². The Hall–Kier alpha value is -1.88. The van der Waals surface area contributed by atoms with Crippen LogP contribution in [-0.4, -0.2) is 30.1 Å². The average molecular weight is 276 g/mol. The Morgan fingerprint density at radius 3 is 2.60 bits per heavy atom. The lowest BCUT2D eigenvalue weighted by molar-refractivity contribution is -0.136. The Balaban J connectivity index is 1.96. The molecule has 0 aliphatic carbocycles. The van der Waals surface area contributed by atoms with E-state index in [0.717, 1.165) is 17.7 Å². The molecule has 1 amide bonds. The highest BCUT2D eigenvalue weighted by Crippen LogP contribution is 2.16. The molecule has 1 fully saturated rings. The lowest BCUT2D eigenvalue weighted by atomic mass is 9.97. The number of aliphatic carboxylic acids is 1. The quantitative estimate of drug-likeness (QED) is 0.743. The van der Waals surface area contributed by atoms with Crippen LogP contribution in [0.1, 0.15) is 18.1 Å². The van der Waals surface area contributed by atoms with Gasteiger partial charge in [0.15, 0.2) is 0 Å². The van der Waals surface area contributed by atoms with Gasteiger partial charge in [0.2, 0.25) is 5.91 Å². The first-order chi connectivity index (χ1) is 9.58. The third kappa shape index (κ3) is 3.57. The molecule has 5 heteroatoms. The van der Waals surface area contributed by atoms with Gasteiger partial charge in [0.25, 0.3) is 0 Å². The highest BCUT2D eigenvalue weighted by molar-refractivity contribution is 5.79. The van der Waals surface area contributed by atoms with Crippen molar-refractivity contribution in [2.75, 3.05) is 13.1 Å². The van der Waals surface area contributed by atoms with Crippen molar-refractivity contribution in [3.8, 4) is 0 Å². The van der Waals surface area contributed by atoms with Crippen molar-refractivity contribution in [3.63, 3.8) is 0 Å². The molecule has 1 aliphatic rings. The molecule has 1 heterocycles. The summed E-state index contributed by atoms with van der Waals surface area (Å²) in [6.07, 6.45) is -0.0204. The van der Waals surface area contributed by atoms with E-state index in [1.165, 1.54) is 0 Å². The zero-order valence-corrected chi connectivity index (χ0v) is 11.6. The van der Waals surface area contributed by atoms with E-state index in [-0.39, 0.29) is 18.2 Å². The van der Waals surface area contributed by atoms with Crippen LogP contribution in [0.15, 0.2) is 24.3 Å². The number of benzene rings is 1. The molecule has 1 aromatic carbocycles. The van der Waals surface area contributed by atoms with Crippen molar-refractivity contribution in [2.45, 2.75) is 19.9 Å². The van der Waals surface area contributed by atoms with E-state index in [9.17, 15) is 9.59 Å². The summed E-state index contributed by atoms with van der Waals surface area (Å²) in [5.74, 6) is -0.490. The van der Waals surface area contributed by atoms with Crippen LogP contribution in [0.3, 0.4) is 0 Å². The SMILES string of the molecule is C[C@@H]1CNC[C@H]1C(=O)NCc1ccccc1CC(=O)O. The van der Waals surface area contributed by atoms with Gasteiger partial charge in [-0.1, -0.05) is 31.2 Å². The Morgan fingerprint density at radius 1 is 1.30 bits per heavy atom. The van der Waals surface area contributed by atoms with Gasteiger partial charge >= 0.3 is 5.97 Å². The molecule has 0 aromatic heterocycles. The highest BCUT2D eigenvalue weighted by atomic mass is 16.4. The molecule has 108 valence electrons. The maximum absolute atomic E-state index is 12.1. The Bertz CT molecular complexity index is 502. The number of carboxylic acids is 1. The molecule has 0 saturated carbocycles. The predicted octanol–water partition coefficient (Wildman–Crippen LogP) is 0.785. The number of rotatable bonds is 5. The van der Waals surface area contributed by atoms with E-state index in [1.54, 1.807) is 6.07 Å². The van der Waals surface area contributed by atoms with Crippen LogP contribution in [0.4, 0.5) is 0 Å². The fourth-order valence-corrected chi connectivity index (χ4v) is 2.54. The molecule has 0 bridgehead atoms. The van der Waals surface area contributed by atoms with E-state index >= 15 is 0 Å². The molecular weight excluding hydrogens is 256 g/mol. The third-order valence-electron chi connectivity index (χ3n) is 3.77. The second-order valence-corrected chi connectivity index (χ2v) is 5.30. The van der Waals surface area contributed by atoms with Crippen LogP contribution >= 0.6 is 0 Å². The summed E-state index contributed by atoms with van der Waals surface area (Å²) in [5.41, 5.74) is 1.61. The topological polar surface area (TPSA) is 78.4 Å². The van der Waals surface area contributed by atoms with Crippen LogP contribution in [0.2, 0.25) is 0 Å². The molecule has 5 nitrogen and oxygen atoms in total. The highest BCUT2D eigenvalue weighted by Gasteiger charge is 2.29. The summed E-state index contributed by atoms with van der Waals surface area (Å²) in [7, 11) is 0. The average Bonchev–Trinajstić information content (AvgIpc) is 2.83. The van der Waals surface area contributed by atoms with Gasteiger partial charge < -0.3 is 15.7 Å². The first kappa shape index (κ1) is 14.5. The van der Waals surface area contributed by atoms with Gasteiger partial charge in [-0.3, -0.25) is 9.59 Å². The lowest BCUT2D eigenvalue weighted by Gasteiger charge is -2.15. The second kappa shape index (κ2) is 6.52. The molecule has 0 radical (unpaired) electrons. The molecule has 20 heavy (non-hydrogen) atoms. The lowest BCUT2D eigenvalue weighted by Crippen LogP contribution is -2.34. The minimum Gasteiger partial charge on any atom is -0.481 e. The largest absolute Gasteiger partial charge is 0.481 e. The third-order valence-corrected chi connectivity index (χ3v) is 3.77.